The first-order valence-corrected chi connectivity index (χ1v) is 18.5. The smallest absolute Gasteiger partial charge is 0.314 e. The van der Waals surface area contributed by atoms with Crippen molar-refractivity contribution in [2.75, 3.05) is 6.79 Å². The zero-order chi connectivity index (χ0) is 40.5. The van der Waals surface area contributed by atoms with Gasteiger partial charge >= 0.3 is 11.9 Å². The van der Waals surface area contributed by atoms with Crippen molar-refractivity contribution in [1.29, 1.82) is 0 Å². The van der Waals surface area contributed by atoms with Gasteiger partial charge in [0, 0.05) is 22.3 Å². The van der Waals surface area contributed by atoms with Gasteiger partial charge in [0.05, 0.1) is 16.9 Å². The summed E-state index contributed by atoms with van der Waals surface area (Å²) in [4.78, 5) is 67.1. The lowest BCUT2D eigenvalue weighted by atomic mass is 9.43. The van der Waals surface area contributed by atoms with E-state index in [0.717, 1.165) is 12.5 Å². The van der Waals surface area contributed by atoms with Crippen molar-refractivity contribution in [2.24, 2.45) is 39.4 Å². The summed E-state index contributed by atoms with van der Waals surface area (Å²) in [6, 6.07) is 1.81. The van der Waals surface area contributed by atoms with Gasteiger partial charge in [-0.25, -0.2) is 0 Å². The van der Waals surface area contributed by atoms with E-state index in [1.807, 2.05) is 34.6 Å². The quantitative estimate of drug-likeness (QED) is 0.116. The molecule has 0 aliphatic heterocycles. The molecule has 5 atom stereocenters. The molecular weight excluding hydrogens is 680 g/mol. The van der Waals surface area contributed by atoms with Crippen LogP contribution in [0.15, 0.2) is 23.0 Å². The van der Waals surface area contributed by atoms with E-state index in [-0.39, 0.29) is 47.5 Å². The number of aliphatic hydroxyl groups is 3. The summed E-state index contributed by atoms with van der Waals surface area (Å²) >= 11 is 0. The summed E-state index contributed by atoms with van der Waals surface area (Å²) in [5, 5.41) is 48.0. The van der Waals surface area contributed by atoms with Crippen LogP contribution in [0.5, 0.6) is 5.75 Å². The number of rotatable bonds is 9. The van der Waals surface area contributed by atoms with Gasteiger partial charge in [-0.1, -0.05) is 68.4 Å². The summed E-state index contributed by atoms with van der Waals surface area (Å²) < 4.78 is 10.6. The van der Waals surface area contributed by atoms with Crippen LogP contribution in [0, 0.1) is 39.4 Å². The molecule has 11 heteroatoms. The molecule has 2 unspecified atom stereocenters. The second-order valence-electron chi connectivity index (χ2n) is 18.9. The lowest BCUT2D eigenvalue weighted by Crippen LogP contribution is -2.69. The van der Waals surface area contributed by atoms with Crippen LogP contribution in [0.4, 0.5) is 0 Å². The molecule has 1 fully saturated rings. The van der Waals surface area contributed by atoms with Gasteiger partial charge in [-0.15, -0.1) is 0 Å². The molecule has 0 spiro atoms. The van der Waals surface area contributed by atoms with E-state index >= 15 is 0 Å². The minimum absolute atomic E-state index is 0.00968. The fourth-order valence-electron chi connectivity index (χ4n) is 9.26. The lowest BCUT2D eigenvalue weighted by molar-refractivity contribution is -0.179. The van der Waals surface area contributed by atoms with Gasteiger partial charge in [0.15, 0.2) is 17.2 Å². The standard InChI is InChI=1S/C42H58O11/c1-20(2)25-15-23(14-24(16-38(6,7)8)36(49)52-19-53-37(50)39(9,10)11)31(44)28-26(25)17-40(12)18-41(13)29(21(3)4)32(45)27(22(5)43)34(47)42(41,51)35(48)30(40)33(28)46/h15,20-21,24,29,44,46-47,51H,14,16-19H2,1-13H3/t24?,29?,40-,41-,42+/m1/s1. The number of hydrogen-bond acceptors (Lipinski definition) is 11. The van der Waals surface area contributed by atoms with Gasteiger partial charge in [0.2, 0.25) is 12.6 Å². The van der Waals surface area contributed by atoms with Crippen LogP contribution in [-0.4, -0.2) is 62.1 Å². The van der Waals surface area contributed by atoms with Crippen molar-refractivity contribution in [1.82, 2.24) is 0 Å². The van der Waals surface area contributed by atoms with Crippen LogP contribution in [0.3, 0.4) is 0 Å². The summed E-state index contributed by atoms with van der Waals surface area (Å²) in [5.41, 5.74) is -5.78. The Balaban J connectivity index is 1.90. The van der Waals surface area contributed by atoms with Crippen molar-refractivity contribution in [2.45, 2.75) is 127 Å². The summed E-state index contributed by atoms with van der Waals surface area (Å²) in [6.07, 6.45) is 0.462. The first kappa shape index (κ1) is 41.8. The molecule has 4 N–H and O–H groups in total. The molecule has 0 aromatic heterocycles. The number of benzene rings is 1. The summed E-state index contributed by atoms with van der Waals surface area (Å²) in [7, 11) is 0. The first-order valence-electron chi connectivity index (χ1n) is 18.5. The van der Waals surface area contributed by atoms with Gasteiger partial charge in [-0.3, -0.25) is 24.0 Å². The van der Waals surface area contributed by atoms with E-state index in [4.69, 9.17) is 9.47 Å². The molecule has 0 amide bonds. The van der Waals surface area contributed by atoms with Crippen molar-refractivity contribution in [3.05, 3.63) is 45.2 Å². The molecule has 1 aromatic rings. The van der Waals surface area contributed by atoms with E-state index in [1.54, 1.807) is 54.5 Å². The zero-order valence-corrected chi connectivity index (χ0v) is 33.6. The van der Waals surface area contributed by atoms with Crippen LogP contribution in [0.25, 0.3) is 5.76 Å². The Bertz CT molecular complexity index is 1810. The normalized spacial score (nSPS) is 26.7. The fraction of sp³-hybridized carbons (Fsp3) is 0.643. The number of ether oxygens (including phenoxy) is 2. The molecular formula is C42H58O11. The van der Waals surface area contributed by atoms with Gasteiger partial charge < -0.3 is 29.9 Å². The van der Waals surface area contributed by atoms with Crippen molar-refractivity contribution in [3.63, 3.8) is 0 Å². The molecule has 0 saturated heterocycles. The number of phenolic OH excluding ortho intramolecular Hbond substituents is 1. The minimum Gasteiger partial charge on any atom is -0.508 e. The second kappa shape index (κ2) is 13.7. The highest BCUT2D eigenvalue weighted by Gasteiger charge is 2.72. The maximum atomic E-state index is 14.8. The monoisotopic (exact) mass is 738 g/mol. The van der Waals surface area contributed by atoms with Gasteiger partial charge in [-0.2, -0.15) is 0 Å². The van der Waals surface area contributed by atoms with E-state index in [9.17, 15) is 44.4 Å². The second-order valence-corrected chi connectivity index (χ2v) is 18.9. The average molecular weight is 739 g/mol. The third-order valence-corrected chi connectivity index (χ3v) is 11.4. The number of fused-ring (bicyclic) bond motifs is 3. The van der Waals surface area contributed by atoms with Crippen molar-refractivity contribution in [3.8, 4) is 5.75 Å². The maximum absolute atomic E-state index is 14.8. The Morgan fingerprint density at radius 2 is 1.55 bits per heavy atom. The number of aromatic hydroxyl groups is 1. The molecule has 3 aliphatic carbocycles. The van der Waals surface area contributed by atoms with Gasteiger partial charge in [0.1, 0.15) is 22.8 Å². The third kappa shape index (κ3) is 6.94. The molecule has 3 aliphatic rings. The zero-order valence-electron chi connectivity index (χ0n) is 33.6. The van der Waals surface area contributed by atoms with Crippen LogP contribution < -0.4 is 0 Å². The number of Topliss-reactive ketones (excluding diaryl/α,β-unsaturated/α-hetero) is 3. The summed E-state index contributed by atoms with van der Waals surface area (Å²) in [5.74, 6) is -7.96. The Hall–Kier alpha value is -3.99. The number of carbonyl (C=O) groups is 5. The number of ketones is 3. The van der Waals surface area contributed by atoms with Crippen LogP contribution >= 0.6 is 0 Å². The number of phenols is 1. The topological polar surface area (TPSA) is 185 Å². The molecule has 1 saturated carbocycles. The Morgan fingerprint density at radius 3 is 2.04 bits per heavy atom. The highest BCUT2D eigenvalue weighted by atomic mass is 16.7. The van der Waals surface area contributed by atoms with Gasteiger partial charge in [-0.05, 0) is 87.3 Å². The molecule has 292 valence electrons. The number of allylic oxidation sites excluding steroid dienone is 1. The molecule has 1 aromatic carbocycles. The van der Waals surface area contributed by atoms with E-state index in [1.165, 1.54) is 0 Å². The molecule has 0 bridgehead atoms. The fourth-order valence-corrected chi connectivity index (χ4v) is 9.26. The van der Waals surface area contributed by atoms with Crippen LogP contribution in [0.2, 0.25) is 0 Å². The SMILES string of the molecule is CC(=O)C1=C(O)[C@]2(O)C(=O)C3=C(O)c4c(O)c(CC(CC(C)(C)C)C(=O)OCOC(=O)C(C)(C)C)cc(C(C)C)c4C[C@]3(C)C[C@]2(C)C(C(C)C)C1=O. The highest BCUT2D eigenvalue weighted by molar-refractivity contribution is 6.24. The Labute approximate surface area is 312 Å². The maximum Gasteiger partial charge on any atom is 0.314 e. The minimum atomic E-state index is -2.72. The predicted molar refractivity (Wildman–Crippen MR) is 198 cm³/mol. The van der Waals surface area contributed by atoms with Crippen LogP contribution in [-0.2, 0) is 46.3 Å². The van der Waals surface area contributed by atoms with E-state index in [2.05, 4.69) is 0 Å². The van der Waals surface area contributed by atoms with Crippen LogP contribution in [0.1, 0.15) is 131 Å². The molecule has 4 rings (SSSR count). The number of carbonyl (C=O) groups excluding carboxylic acids is 5. The first-order chi connectivity index (χ1) is 24.0. The van der Waals surface area contributed by atoms with Gasteiger partial charge in [0.25, 0.3) is 0 Å². The average Bonchev–Trinajstić information content (AvgIpc) is 2.98. The lowest BCUT2D eigenvalue weighted by Gasteiger charge is -2.60. The number of esters is 2. The Morgan fingerprint density at radius 1 is 0.962 bits per heavy atom. The summed E-state index contributed by atoms with van der Waals surface area (Å²) in [6.45, 7) is 22.2. The highest BCUT2D eigenvalue weighted by Crippen LogP contribution is 2.65. The largest absolute Gasteiger partial charge is 0.508 e. The molecule has 11 nitrogen and oxygen atoms in total. The molecule has 53 heavy (non-hydrogen) atoms. The van der Waals surface area contributed by atoms with Crippen molar-refractivity contribution < 1.29 is 53.9 Å². The van der Waals surface area contributed by atoms with E-state index < -0.39 is 92.8 Å². The predicted octanol–water partition coefficient (Wildman–Crippen LogP) is 7.00. The Kier molecular flexibility index (Phi) is 10.8. The molecule has 0 radical (unpaired) electrons. The molecule has 0 heterocycles. The third-order valence-electron chi connectivity index (χ3n) is 11.4. The number of aliphatic hydroxyl groups excluding tert-OH is 2. The van der Waals surface area contributed by atoms with E-state index in [0.29, 0.717) is 17.5 Å². The van der Waals surface area contributed by atoms with Crippen molar-refractivity contribution >= 4 is 35.0 Å². The number of hydrogen-bond donors (Lipinski definition) is 4.